The highest BCUT2D eigenvalue weighted by atomic mass is 79.9. The van der Waals surface area contributed by atoms with Crippen LogP contribution in [0.15, 0.2) is 24.3 Å². The Morgan fingerprint density at radius 3 is 2.83 bits per heavy atom. The van der Waals surface area contributed by atoms with Crippen molar-refractivity contribution in [3.8, 4) is 0 Å². The molecule has 0 N–H and O–H groups in total. The van der Waals surface area contributed by atoms with E-state index in [4.69, 9.17) is 0 Å². The maximum atomic E-state index is 12.6. The number of carbonyl (C=O) groups excluding carboxylic acids is 1. The van der Waals surface area contributed by atoms with Gasteiger partial charge in [-0.05, 0) is 12.1 Å². The Labute approximate surface area is 78.7 Å². The first-order valence-electron chi connectivity index (χ1n) is 3.59. The molecule has 0 heterocycles. The summed E-state index contributed by atoms with van der Waals surface area (Å²) in [7, 11) is 0. The summed E-state index contributed by atoms with van der Waals surface area (Å²) in [5, 5.41) is 0.613. The van der Waals surface area contributed by atoms with Crippen LogP contribution in [-0.2, 0) is 0 Å². The Balaban J connectivity index is 2.81. The standard InChI is InChI=1S/C9H8BrFO/c10-5-4-9(12)7-2-1-3-8(11)6-7/h1-3,6H,4-5H2. The molecular formula is C9H8BrFO. The fourth-order valence-electron chi connectivity index (χ4n) is 0.892. The van der Waals surface area contributed by atoms with E-state index in [1.807, 2.05) is 0 Å². The van der Waals surface area contributed by atoms with Gasteiger partial charge in [-0.2, -0.15) is 0 Å². The summed E-state index contributed by atoms with van der Waals surface area (Å²) in [6.07, 6.45) is 0.406. The molecule has 0 radical (unpaired) electrons. The van der Waals surface area contributed by atoms with Gasteiger partial charge in [0.15, 0.2) is 5.78 Å². The number of hydrogen-bond donors (Lipinski definition) is 0. The molecule has 0 amide bonds. The molecule has 64 valence electrons. The van der Waals surface area contributed by atoms with Crippen LogP contribution in [0.3, 0.4) is 0 Å². The van der Waals surface area contributed by atoms with Crippen molar-refractivity contribution in [2.24, 2.45) is 0 Å². The third-order valence-corrected chi connectivity index (χ3v) is 1.86. The zero-order valence-corrected chi connectivity index (χ0v) is 7.97. The molecule has 12 heavy (non-hydrogen) atoms. The number of alkyl halides is 1. The van der Waals surface area contributed by atoms with E-state index in [0.29, 0.717) is 17.3 Å². The first kappa shape index (κ1) is 9.39. The van der Waals surface area contributed by atoms with Crippen molar-refractivity contribution in [1.29, 1.82) is 0 Å². The second kappa shape index (κ2) is 4.36. The number of carbonyl (C=O) groups is 1. The molecule has 3 heteroatoms. The van der Waals surface area contributed by atoms with E-state index >= 15 is 0 Å². The summed E-state index contributed by atoms with van der Waals surface area (Å²) in [6.45, 7) is 0. The lowest BCUT2D eigenvalue weighted by molar-refractivity contribution is 0.0989. The van der Waals surface area contributed by atoms with E-state index in [2.05, 4.69) is 15.9 Å². The lowest BCUT2D eigenvalue weighted by Gasteiger charge is -1.97. The van der Waals surface area contributed by atoms with Crippen LogP contribution in [0.4, 0.5) is 4.39 Å². The van der Waals surface area contributed by atoms with Gasteiger partial charge in [-0.15, -0.1) is 0 Å². The zero-order chi connectivity index (χ0) is 8.97. The summed E-state index contributed by atoms with van der Waals surface area (Å²) in [5.41, 5.74) is 0.439. The minimum Gasteiger partial charge on any atom is -0.294 e. The molecule has 0 aromatic heterocycles. The lowest BCUT2D eigenvalue weighted by atomic mass is 10.1. The van der Waals surface area contributed by atoms with Crippen molar-refractivity contribution in [1.82, 2.24) is 0 Å². The van der Waals surface area contributed by atoms with E-state index in [1.54, 1.807) is 6.07 Å². The van der Waals surface area contributed by atoms with Gasteiger partial charge < -0.3 is 0 Å². The molecule has 0 saturated carbocycles. The van der Waals surface area contributed by atoms with Crippen molar-refractivity contribution in [2.45, 2.75) is 6.42 Å². The van der Waals surface area contributed by atoms with Crippen molar-refractivity contribution in [3.05, 3.63) is 35.6 Å². The smallest absolute Gasteiger partial charge is 0.163 e. The van der Waals surface area contributed by atoms with Crippen LogP contribution in [0.2, 0.25) is 0 Å². The molecule has 1 aromatic carbocycles. The highest BCUT2D eigenvalue weighted by molar-refractivity contribution is 9.09. The molecule has 1 rings (SSSR count). The monoisotopic (exact) mass is 230 g/mol. The molecule has 0 aliphatic carbocycles. The topological polar surface area (TPSA) is 17.1 Å². The van der Waals surface area contributed by atoms with Crippen LogP contribution in [0.25, 0.3) is 0 Å². The fourth-order valence-corrected chi connectivity index (χ4v) is 1.25. The van der Waals surface area contributed by atoms with Crippen LogP contribution in [0.1, 0.15) is 16.8 Å². The third-order valence-electron chi connectivity index (χ3n) is 1.47. The van der Waals surface area contributed by atoms with Crippen molar-refractivity contribution in [2.75, 3.05) is 5.33 Å². The van der Waals surface area contributed by atoms with Gasteiger partial charge >= 0.3 is 0 Å². The van der Waals surface area contributed by atoms with E-state index in [0.717, 1.165) is 0 Å². The molecular weight excluding hydrogens is 223 g/mol. The second-order valence-corrected chi connectivity index (χ2v) is 3.17. The molecule has 0 unspecified atom stereocenters. The maximum Gasteiger partial charge on any atom is 0.163 e. The Hall–Kier alpha value is -0.700. The van der Waals surface area contributed by atoms with E-state index < -0.39 is 0 Å². The normalized spacial score (nSPS) is 9.83. The van der Waals surface area contributed by atoms with Gasteiger partial charge in [-0.25, -0.2) is 4.39 Å². The number of rotatable bonds is 3. The van der Waals surface area contributed by atoms with Gasteiger partial charge in [0.1, 0.15) is 5.82 Å². The van der Waals surface area contributed by atoms with Crippen molar-refractivity contribution < 1.29 is 9.18 Å². The first-order chi connectivity index (χ1) is 5.74. The van der Waals surface area contributed by atoms with E-state index in [-0.39, 0.29) is 11.6 Å². The van der Waals surface area contributed by atoms with Crippen LogP contribution in [0, 0.1) is 5.82 Å². The average molecular weight is 231 g/mol. The largest absolute Gasteiger partial charge is 0.294 e. The second-order valence-electron chi connectivity index (χ2n) is 2.37. The third kappa shape index (κ3) is 2.41. The summed E-state index contributed by atoms with van der Waals surface area (Å²) < 4.78 is 12.6. The van der Waals surface area contributed by atoms with Gasteiger partial charge in [0.25, 0.3) is 0 Å². The van der Waals surface area contributed by atoms with Crippen molar-refractivity contribution in [3.63, 3.8) is 0 Å². The number of ketones is 1. The summed E-state index contributed by atoms with van der Waals surface area (Å²) >= 11 is 3.15. The first-order valence-corrected chi connectivity index (χ1v) is 4.71. The molecule has 0 atom stereocenters. The van der Waals surface area contributed by atoms with Gasteiger partial charge in [0.2, 0.25) is 0 Å². The fraction of sp³-hybridized carbons (Fsp3) is 0.222. The van der Waals surface area contributed by atoms with Gasteiger partial charge in [-0.1, -0.05) is 28.1 Å². The van der Waals surface area contributed by atoms with Crippen LogP contribution >= 0.6 is 15.9 Å². The Bertz CT molecular complexity index is 286. The molecule has 0 spiro atoms. The van der Waals surface area contributed by atoms with Crippen LogP contribution in [-0.4, -0.2) is 11.1 Å². The predicted molar refractivity (Wildman–Crippen MR) is 49.1 cm³/mol. The molecule has 0 saturated heterocycles. The van der Waals surface area contributed by atoms with Crippen LogP contribution in [0.5, 0.6) is 0 Å². The predicted octanol–water partition coefficient (Wildman–Crippen LogP) is 2.79. The average Bonchev–Trinajstić information content (AvgIpc) is 2.05. The quantitative estimate of drug-likeness (QED) is 0.577. The number of benzene rings is 1. The molecule has 0 fully saturated rings. The van der Waals surface area contributed by atoms with Crippen molar-refractivity contribution >= 4 is 21.7 Å². The molecule has 0 aliphatic rings. The SMILES string of the molecule is O=C(CCBr)c1cccc(F)c1. The Morgan fingerprint density at radius 1 is 1.50 bits per heavy atom. The Morgan fingerprint density at radius 2 is 2.25 bits per heavy atom. The van der Waals surface area contributed by atoms with Crippen LogP contribution < -0.4 is 0 Å². The van der Waals surface area contributed by atoms with Gasteiger partial charge in [0, 0.05) is 17.3 Å². The minimum atomic E-state index is -0.365. The molecule has 1 nitrogen and oxygen atoms in total. The zero-order valence-electron chi connectivity index (χ0n) is 6.39. The summed E-state index contributed by atoms with van der Waals surface area (Å²) in [4.78, 5) is 11.2. The Kier molecular flexibility index (Phi) is 3.41. The summed E-state index contributed by atoms with van der Waals surface area (Å²) in [6, 6.07) is 5.74. The highest BCUT2D eigenvalue weighted by Gasteiger charge is 2.04. The minimum absolute atomic E-state index is 0.0358. The van der Waals surface area contributed by atoms with E-state index in [1.165, 1.54) is 18.2 Å². The highest BCUT2D eigenvalue weighted by Crippen LogP contribution is 2.07. The molecule has 1 aromatic rings. The number of Topliss-reactive ketones (excluding diaryl/α,β-unsaturated/α-hetero) is 1. The molecule has 0 bridgehead atoms. The number of halogens is 2. The summed E-state index contributed by atoms with van der Waals surface area (Å²) in [5.74, 6) is -0.401. The molecule has 0 aliphatic heterocycles. The lowest BCUT2D eigenvalue weighted by Crippen LogP contribution is -1.99. The number of hydrogen-bond acceptors (Lipinski definition) is 1. The van der Waals surface area contributed by atoms with Gasteiger partial charge in [-0.3, -0.25) is 4.79 Å². The van der Waals surface area contributed by atoms with E-state index in [9.17, 15) is 9.18 Å². The van der Waals surface area contributed by atoms with Gasteiger partial charge in [0.05, 0.1) is 0 Å². The maximum absolute atomic E-state index is 12.6.